The SMILES string of the molecule is CC(C)CCCCCOC(=O)CCCCCCCCCCCCC(C)CC(=O)OCCCCCC(C)C. The molecule has 0 spiro atoms. The number of ether oxygens (including phenoxy) is 2. The normalized spacial score (nSPS) is 12.3. The molecule has 0 aliphatic carbocycles. The number of esters is 2. The van der Waals surface area contributed by atoms with Crippen molar-refractivity contribution in [2.45, 2.75) is 169 Å². The van der Waals surface area contributed by atoms with Gasteiger partial charge in [0.15, 0.2) is 0 Å². The van der Waals surface area contributed by atoms with E-state index < -0.39 is 0 Å². The average Bonchev–Trinajstić information content (AvgIpc) is 2.83. The first-order valence-corrected chi connectivity index (χ1v) is 16.1. The number of unbranched alkanes of at least 4 members (excludes halogenated alkanes) is 13. The first-order chi connectivity index (χ1) is 17.8. The Hall–Kier alpha value is -1.06. The second kappa shape index (κ2) is 26.5. The van der Waals surface area contributed by atoms with Crippen molar-refractivity contribution in [3.8, 4) is 0 Å². The molecule has 1 unspecified atom stereocenters. The Bertz CT molecular complexity index is 514. The van der Waals surface area contributed by atoms with Crippen molar-refractivity contribution in [2.24, 2.45) is 17.8 Å². The fourth-order valence-corrected chi connectivity index (χ4v) is 4.73. The molecule has 0 fully saturated rings. The lowest BCUT2D eigenvalue weighted by atomic mass is 9.99. The van der Waals surface area contributed by atoms with Gasteiger partial charge < -0.3 is 9.47 Å². The smallest absolute Gasteiger partial charge is 0.306 e. The van der Waals surface area contributed by atoms with Gasteiger partial charge >= 0.3 is 11.9 Å². The van der Waals surface area contributed by atoms with Crippen LogP contribution in [0.15, 0.2) is 0 Å². The summed E-state index contributed by atoms with van der Waals surface area (Å²) in [6.07, 6.45) is 24.0. The third-order valence-corrected chi connectivity index (χ3v) is 7.22. The lowest BCUT2D eigenvalue weighted by Crippen LogP contribution is -2.10. The Morgan fingerprint density at radius 2 is 0.838 bits per heavy atom. The predicted molar refractivity (Wildman–Crippen MR) is 158 cm³/mol. The number of hydrogen-bond acceptors (Lipinski definition) is 4. The minimum absolute atomic E-state index is 0.0115. The molecule has 0 amide bonds. The van der Waals surface area contributed by atoms with E-state index in [9.17, 15) is 9.59 Å². The lowest BCUT2D eigenvalue weighted by molar-refractivity contribution is -0.145. The average molecular weight is 525 g/mol. The summed E-state index contributed by atoms with van der Waals surface area (Å²) in [4.78, 5) is 23.8. The molecule has 0 aromatic heterocycles. The van der Waals surface area contributed by atoms with Gasteiger partial charge in [0, 0.05) is 12.8 Å². The van der Waals surface area contributed by atoms with Crippen LogP contribution in [0.2, 0.25) is 0 Å². The fraction of sp³-hybridized carbons (Fsp3) is 0.939. The zero-order valence-corrected chi connectivity index (χ0v) is 25.6. The first-order valence-electron chi connectivity index (χ1n) is 16.1. The van der Waals surface area contributed by atoms with Crippen molar-refractivity contribution < 1.29 is 19.1 Å². The molecule has 0 aromatic carbocycles. The van der Waals surface area contributed by atoms with E-state index in [1.807, 2.05) is 0 Å². The minimum Gasteiger partial charge on any atom is -0.466 e. The number of rotatable bonds is 27. The van der Waals surface area contributed by atoms with E-state index >= 15 is 0 Å². The third kappa shape index (κ3) is 29.4. The molecule has 220 valence electrons. The molecule has 1 atom stereocenters. The van der Waals surface area contributed by atoms with Crippen LogP contribution in [0.25, 0.3) is 0 Å². The zero-order valence-electron chi connectivity index (χ0n) is 25.6. The van der Waals surface area contributed by atoms with E-state index in [0.29, 0.717) is 32.0 Å². The summed E-state index contributed by atoms with van der Waals surface area (Å²) in [7, 11) is 0. The van der Waals surface area contributed by atoms with Gasteiger partial charge in [0.25, 0.3) is 0 Å². The lowest BCUT2D eigenvalue weighted by Gasteiger charge is -2.11. The van der Waals surface area contributed by atoms with E-state index in [1.54, 1.807) is 0 Å². The summed E-state index contributed by atoms with van der Waals surface area (Å²) in [5.74, 6) is 1.94. The van der Waals surface area contributed by atoms with E-state index in [0.717, 1.165) is 50.4 Å². The molecule has 0 saturated carbocycles. The Morgan fingerprint density at radius 3 is 1.32 bits per heavy atom. The van der Waals surface area contributed by atoms with Crippen LogP contribution < -0.4 is 0 Å². The minimum atomic E-state index is -0.0132. The molecule has 0 aliphatic heterocycles. The standard InChI is InChI=1S/C33H64O4/c1-29(2)22-16-14-20-26-36-32(34)25-19-13-11-9-7-6-8-10-12-18-24-31(5)28-33(35)37-27-21-15-17-23-30(3)4/h29-31H,6-28H2,1-5H3. The van der Waals surface area contributed by atoms with Gasteiger partial charge in [-0.25, -0.2) is 0 Å². The summed E-state index contributed by atoms with van der Waals surface area (Å²) >= 11 is 0. The van der Waals surface area contributed by atoms with Gasteiger partial charge in [-0.05, 0) is 37.0 Å². The van der Waals surface area contributed by atoms with Crippen molar-refractivity contribution >= 4 is 11.9 Å². The number of hydrogen-bond donors (Lipinski definition) is 0. The summed E-state index contributed by atoms with van der Waals surface area (Å²) in [5.41, 5.74) is 0. The Labute approximate surface area is 231 Å². The maximum absolute atomic E-state index is 12.0. The molecule has 0 aromatic rings. The highest BCUT2D eigenvalue weighted by Crippen LogP contribution is 2.17. The largest absolute Gasteiger partial charge is 0.466 e. The molecule has 0 rings (SSSR count). The predicted octanol–water partition coefficient (Wildman–Crippen LogP) is 10.2. The summed E-state index contributed by atoms with van der Waals surface area (Å²) < 4.78 is 10.8. The molecular weight excluding hydrogens is 460 g/mol. The van der Waals surface area contributed by atoms with Gasteiger partial charge in [0.05, 0.1) is 13.2 Å². The third-order valence-electron chi connectivity index (χ3n) is 7.22. The maximum atomic E-state index is 12.0. The van der Waals surface area contributed by atoms with Crippen molar-refractivity contribution in [3.63, 3.8) is 0 Å². The van der Waals surface area contributed by atoms with Crippen molar-refractivity contribution in [2.75, 3.05) is 13.2 Å². The Morgan fingerprint density at radius 1 is 0.459 bits per heavy atom. The highest BCUT2D eigenvalue weighted by atomic mass is 16.5. The molecular formula is C33H64O4. The van der Waals surface area contributed by atoms with Crippen LogP contribution in [0.5, 0.6) is 0 Å². The van der Waals surface area contributed by atoms with Crippen LogP contribution >= 0.6 is 0 Å². The fourth-order valence-electron chi connectivity index (χ4n) is 4.73. The van der Waals surface area contributed by atoms with Crippen LogP contribution in [0.1, 0.15) is 169 Å². The molecule has 4 nitrogen and oxygen atoms in total. The van der Waals surface area contributed by atoms with Crippen molar-refractivity contribution in [3.05, 3.63) is 0 Å². The van der Waals surface area contributed by atoms with Crippen LogP contribution in [-0.2, 0) is 19.1 Å². The summed E-state index contributed by atoms with van der Waals surface area (Å²) in [6.45, 7) is 12.4. The molecule has 0 heterocycles. The first kappa shape index (κ1) is 35.9. The maximum Gasteiger partial charge on any atom is 0.306 e. The van der Waals surface area contributed by atoms with Crippen LogP contribution in [-0.4, -0.2) is 25.2 Å². The van der Waals surface area contributed by atoms with Gasteiger partial charge in [-0.1, -0.05) is 137 Å². The quantitative estimate of drug-likeness (QED) is 0.0792. The van der Waals surface area contributed by atoms with Crippen LogP contribution in [0.4, 0.5) is 0 Å². The molecule has 0 aliphatic rings. The second-order valence-corrected chi connectivity index (χ2v) is 12.3. The van der Waals surface area contributed by atoms with E-state index in [4.69, 9.17) is 9.47 Å². The molecule has 0 radical (unpaired) electrons. The van der Waals surface area contributed by atoms with Gasteiger partial charge in [0.2, 0.25) is 0 Å². The molecule has 37 heavy (non-hydrogen) atoms. The van der Waals surface area contributed by atoms with E-state index in [-0.39, 0.29) is 11.9 Å². The summed E-state index contributed by atoms with van der Waals surface area (Å²) in [5, 5.41) is 0. The number of carbonyl (C=O) groups is 2. The molecule has 0 saturated heterocycles. The van der Waals surface area contributed by atoms with Crippen LogP contribution in [0.3, 0.4) is 0 Å². The highest BCUT2D eigenvalue weighted by Gasteiger charge is 2.10. The Balaban J connectivity index is 3.34. The van der Waals surface area contributed by atoms with Crippen molar-refractivity contribution in [1.82, 2.24) is 0 Å². The summed E-state index contributed by atoms with van der Waals surface area (Å²) in [6, 6.07) is 0. The topological polar surface area (TPSA) is 52.6 Å². The van der Waals surface area contributed by atoms with E-state index in [2.05, 4.69) is 34.6 Å². The zero-order chi connectivity index (χ0) is 27.6. The van der Waals surface area contributed by atoms with Gasteiger partial charge in [0.1, 0.15) is 0 Å². The number of carbonyl (C=O) groups excluding carboxylic acids is 2. The molecule has 4 heteroatoms. The molecule has 0 N–H and O–H groups in total. The monoisotopic (exact) mass is 524 g/mol. The molecule has 0 bridgehead atoms. The van der Waals surface area contributed by atoms with Gasteiger partial charge in [-0.2, -0.15) is 0 Å². The second-order valence-electron chi connectivity index (χ2n) is 12.3. The highest BCUT2D eigenvalue weighted by molar-refractivity contribution is 5.69. The van der Waals surface area contributed by atoms with Gasteiger partial charge in [-0.15, -0.1) is 0 Å². The van der Waals surface area contributed by atoms with E-state index in [1.165, 1.54) is 83.5 Å². The van der Waals surface area contributed by atoms with Gasteiger partial charge in [-0.3, -0.25) is 9.59 Å². The van der Waals surface area contributed by atoms with Crippen molar-refractivity contribution in [1.29, 1.82) is 0 Å². The van der Waals surface area contributed by atoms with Crippen LogP contribution in [0, 0.1) is 17.8 Å². The Kier molecular flexibility index (Phi) is 25.8.